The third kappa shape index (κ3) is 4.06. The molecule has 2 heterocycles. The molecule has 3 unspecified atom stereocenters. The molecule has 1 amide bonds. The number of piperidine rings is 1. The molecule has 138 valence electrons. The minimum Gasteiger partial charge on any atom is -0.388 e. The summed E-state index contributed by atoms with van der Waals surface area (Å²) in [6.07, 6.45) is 3.92. The molecule has 1 aromatic heterocycles. The number of rotatable bonds is 4. The standard InChI is InChI=1S/C20H24ClN3O2/c1-14(25)23-19-18(15-6-4-3-5-7-15)24(11-9-20(19,2)26)13-16-8-10-22-12-17(16)21/h3-8,10,12,18-19,26H,9,11,13H2,1-2H3,(H,23,25). The topological polar surface area (TPSA) is 65.5 Å². The summed E-state index contributed by atoms with van der Waals surface area (Å²) in [5.41, 5.74) is 1.03. The lowest BCUT2D eigenvalue weighted by atomic mass is 9.79. The summed E-state index contributed by atoms with van der Waals surface area (Å²) in [6.45, 7) is 4.59. The van der Waals surface area contributed by atoms with Crippen LogP contribution in [0, 0.1) is 0 Å². The van der Waals surface area contributed by atoms with E-state index >= 15 is 0 Å². The monoisotopic (exact) mass is 373 g/mol. The fraction of sp³-hybridized carbons (Fsp3) is 0.400. The molecule has 1 saturated heterocycles. The summed E-state index contributed by atoms with van der Waals surface area (Å²) in [7, 11) is 0. The second kappa shape index (κ2) is 7.74. The number of benzene rings is 1. The highest BCUT2D eigenvalue weighted by atomic mass is 35.5. The van der Waals surface area contributed by atoms with Gasteiger partial charge in [-0.3, -0.25) is 14.7 Å². The van der Waals surface area contributed by atoms with E-state index in [4.69, 9.17) is 11.6 Å². The molecule has 1 fully saturated rings. The van der Waals surface area contributed by atoms with Crippen LogP contribution in [0.5, 0.6) is 0 Å². The van der Waals surface area contributed by atoms with E-state index in [1.54, 1.807) is 19.3 Å². The van der Waals surface area contributed by atoms with Gasteiger partial charge in [0.1, 0.15) is 0 Å². The Morgan fingerprint density at radius 3 is 2.77 bits per heavy atom. The van der Waals surface area contributed by atoms with Gasteiger partial charge >= 0.3 is 0 Å². The average Bonchev–Trinajstić information content (AvgIpc) is 2.60. The van der Waals surface area contributed by atoms with Gasteiger partial charge in [-0.1, -0.05) is 41.9 Å². The number of nitrogens with one attached hydrogen (secondary N) is 1. The molecule has 0 aliphatic carbocycles. The van der Waals surface area contributed by atoms with E-state index in [1.807, 2.05) is 36.4 Å². The van der Waals surface area contributed by atoms with Gasteiger partial charge in [-0.15, -0.1) is 0 Å². The number of pyridine rings is 1. The van der Waals surface area contributed by atoms with E-state index in [-0.39, 0.29) is 11.9 Å². The van der Waals surface area contributed by atoms with Gasteiger partial charge in [0.25, 0.3) is 0 Å². The summed E-state index contributed by atoms with van der Waals surface area (Å²) in [5, 5.41) is 14.6. The molecule has 0 bridgehead atoms. The Labute approximate surface area is 159 Å². The van der Waals surface area contributed by atoms with Gasteiger partial charge in [-0.25, -0.2) is 0 Å². The van der Waals surface area contributed by atoms with Crippen molar-refractivity contribution in [1.82, 2.24) is 15.2 Å². The molecular weight excluding hydrogens is 350 g/mol. The first-order chi connectivity index (χ1) is 12.4. The minimum absolute atomic E-state index is 0.153. The van der Waals surface area contributed by atoms with Gasteiger partial charge in [-0.2, -0.15) is 0 Å². The maximum atomic E-state index is 11.8. The maximum Gasteiger partial charge on any atom is 0.217 e. The van der Waals surface area contributed by atoms with Crippen molar-refractivity contribution in [3.05, 3.63) is 64.9 Å². The highest BCUT2D eigenvalue weighted by Gasteiger charge is 2.45. The van der Waals surface area contributed by atoms with Gasteiger partial charge in [0, 0.05) is 32.4 Å². The summed E-state index contributed by atoms with van der Waals surface area (Å²) in [5.74, 6) is -0.153. The summed E-state index contributed by atoms with van der Waals surface area (Å²) in [4.78, 5) is 18.1. The van der Waals surface area contributed by atoms with Crippen LogP contribution < -0.4 is 5.32 Å². The van der Waals surface area contributed by atoms with E-state index in [1.165, 1.54) is 6.92 Å². The Morgan fingerprint density at radius 1 is 1.38 bits per heavy atom. The smallest absolute Gasteiger partial charge is 0.217 e. The number of hydrogen-bond acceptors (Lipinski definition) is 4. The SMILES string of the molecule is CC(=O)NC1C(c2ccccc2)N(Cc2ccncc2Cl)CCC1(C)O. The van der Waals surface area contributed by atoms with Gasteiger partial charge in [0.15, 0.2) is 0 Å². The number of carbonyl (C=O) groups is 1. The van der Waals surface area contributed by atoms with Gasteiger partial charge in [-0.05, 0) is 30.5 Å². The van der Waals surface area contributed by atoms with Gasteiger partial charge in [0.05, 0.1) is 22.7 Å². The third-order valence-corrected chi connectivity index (χ3v) is 5.35. The van der Waals surface area contributed by atoms with Crippen LogP contribution in [0.1, 0.15) is 37.4 Å². The minimum atomic E-state index is -0.995. The quantitative estimate of drug-likeness (QED) is 0.864. The van der Waals surface area contributed by atoms with Crippen molar-refractivity contribution in [2.45, 2.75) is 44.5 Å². The van der Waals surface area contributed by atoms with E-state index in [0.29, 0.717) is 24.5 Å². The summed E-state index contributed by atoms with van der Waals surface area (Å²) in [6, 6.07) is 11.3. The lowest BCUT2D eigenvalue weighted by Crippen LogP contribution is -2.62. The molecule has 26 heavy (non-hydrogen) atoms. The van der Waals surface area contributed by atoms with E-state index < -0.39 is 11.6 Å². The molecule has 6 heteroatoms. The first-order valence-corrected chi connectivity index (χ1v) is 9.13. The number of likely N-dealkylation sites (tertiary alicyclic amines) is 1. The number of carbonyl (C=O) groups excluding carboxylic acids is 1. The van der Waals surface area contributed by atoms with Crippen LogP contribution in [0.4, 0.5) is 0 Å². The van der Waals surface area contributed by atoms with Crippen LogP contribution in [0.3, 0.4) is 0 Å². The molecule has 2 N–H and O–H groups in total. The Morgan fingerprint density at radius 2 is 2.12 bits per heavy atom. The number of nitrogens with zero attached hydrogens (tertiary/aromatic N) is 2. The summed E-state index contributed by atoms with van der Waals surface area (Å²) < 4.78 is 0. The Bertz CT molecular complexity index is 767. The van der Waals surface area contributed by atoms with Gasteiger partial charge in [0.2, 0.25) is 5.91 Å². The van der Waals surface area contributed by atoms with Crippen molar-refractivity contribution in [2.24, 2.45) is 0 Å². The third-order valence-electron chi connectivity index (χ3n) is 5.01. The van der Waals surface area contributed by atoms with Crippen LogP contribution in [0.15, 0.2) is 48.8 Å². The van der Waals surface area contributed by atoms with E-state index in [2.05, 4.69) is 15.2 Å². The summed E-state index contributed by atoms with van der Waals surface area (Å²) >= 11 is 6.31. The predicted molar refractivity (Wildman–Crippen MR) is 102 cm³/mol. The van der Waals surface area contributed by atoms with Crippen LogP contribution in [0.25, 0.3) is 0 Å². The van der Waals surface area contributed by atoms with Crippen molar-refractivity contribution in [3.63, 3.8) is 0 Å². The molecule has 3 rings (SSSR count). The Kier molecular flexibility index (Phi) is 5.61. The predicted octanol–water partition coefficient (Wildman–Crippen LogP) is 2.94. The van der Waals surface area contributed by atoms with Crippen LogP contribution in [-0.4, -0.2) is 39.1 Å². The number of halogens is 1. The Hall–Kier alpha value is -1.95. The number of amides is 1. The van der Waals surface area contributed by atoms with Crippen molar-refractivity contribution in [2.75, 3.05) is 6.54 Å². The van der Waals surface area contributed by atoms with Crippen molar-refractivity contribution in [3.8, 4) is 0 Å². The van der Waals surface area contributed by atoms with Crippen LogP contribution in [-0.2, 0) is 11.3 Å². The van der Waals surface area contributed by atoms with Gasteiger partial charge < -0.3 is 10.4 Å². The number of aliphatic hydroxyl groups is 1. The zero-order valence-electron chi connectivity index (χ0n) is 15.0. The zero-order valence-corrected chi connectivity index (χ0v) is 15.8. The van der Waals surface area contributed by atoms with E-state index in [9.17, 15) is 9.90 Å². The lowest BCUT2D eigenvalue weighted by Gasteiger charge is -2.49. The molecule has 1 aliphatic rings. The van der Waals surface area contributed by atoms with Crippen LogP contribution >= 0.6 is 11.6 Å². The average molecular weight is 374 g/mol. The zero-order chi connectivity index (χ0) is 18.7. The lowest BCUT2D eigenvalue weighted by molar-refractivity contribution is -0.126. The Balaban J connectivity index is 1.99. The molecule has 5 nitrogen and oxygen atoms in total. The molecule has 0 saturated carbocycles. The highest BCUT2D eigenvalue weighted by molar-refractivity contribution is 6.31. The van der Waals surface area contributed by atoms with Crippen molar-refractivity contribution in [1.29, 1.82) is 0 Å². The van der Waals surface area contributed by atoms with Crippen molar-refractivity contribution < 1.29 is 9.90 Å². The fourth-order valence-corrected chi connectivity index (χ4v) is 3.83. The number of hydrogen-bond donors (Lipinski definition) is 2. The van der Waals surface area contributed by atoms with Crippen molar-refractivity contribution >= 4 is 17.5 Å². The highest BCUT2D eigenvalue weighted by Crippen LogP contribution is 2.38. The first kappa shape index (κ1) is 18.8. The second-order valence-electron chi connectivity index (χ2n) is 7.08. The molecular formula is C20H24ClN3O2. The van der Waals surface area contributed by atoms with E-state index in [0.717, 1.165) is 11.1 Å². The molecule has 1 aromatic carbocycles. The molecule has 0 spiro atoms. The van der Waals surface area contributed by atoms with Crippen LogP contribution in [0.2, 0.25) is 5.02 Å². The maximum absolute atomic E-state index is 11.8. The normalized spacial score (nSPS) is 26.5. The second-order valence-corrected chi connectivity index (χ2v) is 7.49. The molecule has 1 aliphatic heterocycles. The molecule has 2 aromatic rings. The molecule has 3 atom stereocenters. The fourth-order valence-electron chi connectivity index (χ4n) is 3.65. The first-order valence-electron chi connectivity index (χ1n) is 8.75. The molecule has 0 radical (unpaired) electrons. The largest absolute Gasteiger partial charge is 0.388 e. The number of aromatic nitrogens is 1.